The number of hydrogen-bond acceptors (Lipinski definition) is 5. The minimum absolute atomic E-state index is 0.00591. The Hall–Kier alpha value is -3.24. The molecule has 0 spiro atoms. The topological polar surface area (TPSA) is 103 Å². The molecule has 1 fully saturated rings. The second kappa shape index (κ2) is 9.27. The highest BCUT2D eigenvalue weighted by Crippen LogP contribution is 2.50. The van der Waals surface area contributed by atoms with Crippen molar-refractivity contribution < 1.29 is 19.0 Å². The van der Waals surface area contributed by atoms with Gasteiger partial charge in [-0.3, -0.25) is 0 Å². The van der Waals surface area contributed by atoms with E-state index in [-0.39, 0.29) is 23.1 Å². The Kier molecular flexibility index (Phi) is 6.71. The third-order valence-corrected chi connectivity index (χ3v) is 5.91. The number of amidine groups is 1. The van der Waals surface area contributed by atoms with Crippen LogP contribution in [0.4, 0.5) is 8.78 Å². The molecular formula is C24H25F2N3O2. The fourth-order valence-corrected chi connectivity index (χ4v) is 4.52. The highest BCUT2D eigenvalue weighted by molar-refractivity contribution is 5.98. The van der Waals surface area contributed by atoms with Gasteiger partial charge >= 0.3 is 0 Å². The van der Waals surface area contributed by atoms with Crippen LogP contribution >= 0.6 is 0 Å². The van der Waals surface area contributed by atoms with Crippen molar-refractivity contribution in [2.24, 2.45) is 16.6 Å². The number of nitrogens with two attached hydrogens (primary N) is 1. The molecule has 2 aliphatic rings. The third-order valence-electron chi connectivity index (χ3n) is 5.91. The Morgan fingerprint density at radius 2 is 1.77 bits per heavy atom. The quantitative estimate of drug-likeness (QED) is 0.664. The molecular weight excluding hydrogens is 400 g/mol. The first kappa shape index (κ1) is 22.4. The summed E-state index contributed by atoms with van der Waals surface area (Å²) in [5.74, 6) is -1.29. The lowest BCUT2D eigenvalue weighted by Gasteiger charge is -2.37. The number of phenolic OH excluding ortho intramolecular Hbond substituents is 1. The molecule has 1 aliphatic carbocycles. The number of nitrogens with zero attached hydrogens (tertiary/aromatic N) is 2. The van der Waals surface area contributed by atoms with Gasteiger partial charge in [0.25, 0.3) is 0 Å². The zero-order valence-corrected chi connectivity index (χ0v) is 17.3. The molecule has 31 heavy (non-hydrogen) atoms. The van der Waals surface area contributed by atoms with Crippen LogP contribution in [0.5, 0.6) is 5.75 Å². The standard InChI is InChI=1S/C23H21F2N3O.CH4O/c24-18-9-14(13-26)8-16(10-18)15-6-7-21(29)19(11-15)23(12-20(25)22(27)28-23)17-4-2-1-3-5-17;1-2/h6-12,17,29H,1-5H2,(H2,27,28);2H,1H3. The lowest BCUT2D eigenvalue weighted by molar-refractivity contribution is 0.249. The molecule has 4 N–H and O–H groups in total. The number of aliphatic hydroxyl groups is 1. The molecule has 1 heterocycles. The molecule has 162 valence electrons. The first-order valence-electron chi connectivity index (χ1n) is 10.2. The number of nitriles is 1. The molecule has 7 heteroatoms. The molecule has 2 aromatic rings. The van der Waals surface area contributed by atoms with E-state index < -0.39 is 17.2 Å². The molecule has 0 bridgehead atoms. The van der Waals surface area contributed by atoms with E-state index in [0.717, 1.165) is 45.3 Å². The molecule has 0 aromatic heterocycles. The van der Waals surface area contributed by atoms with Gasteiger partial charge in [0.15, 0.2) is 11.7 Å². The van der Waals surface area contributed by atoms with Crippen LogP contribution in [0.2, 0.25) is 0 Å². The first-order valence-corrected chi connectivity index (χ1v) is 10.2. The van der Waals surface area contributed by atoms with Crippen LogP contribution in [0.15, 0.2) is 53.3 Å². The van der Waals surface area contributed by atoms with E-state index in [1.165, 1.54) is 18.2 Å². The zero-order chi connectivity index (χ0) is 22.6. The number of aliphatic imine (C=N–C) groups is 1. The van der Waals surface area contributed by atoms with Gasteiger partial charge in [0.1, 0.15) is 17.1 Å². The van der Waals surface area contributed by atoms with Gasteiger partial charge < -0.3 is 15.9 Å². The van der Waals surface area contributed by atoms with Crippen molar-refractivity contribution in [1.82, 2.24) is 0 Å². The largest absolute Gasteiger partial charge is 0.508 e. The predicted molar refractivity (Wildman–Crippen MR) is 115 cm³/mol. The molecule has 0 saturated heterocycles. The van der Waals surface area contributed by atoms with E-state index in [0.29, 0.717) is 16.7 Å². The van der Waals surface area contributed by atoms with Gasteiger partial charge in [-0.05, 0) is 66.3 Å². The van der Waals surface area contributed by atoms with Crippen LogP contribution in [0.1, 0.15) is 43.2 Å². The van der Waals surface area contributed by atoms with Gasteiger partial charge in [-0.1, -0.05) is 25.3 Å². The predicted octanol–water partition coefficient (Wildman–Crippen LogP) is 4.68. The van der Waals surface area contributed by atoms with Crippen LogP contribution in [0.3, 0.4) is 0 Å². The summed E-state index contributed by atoms with van der Waals surface area (Å²) in [6.45, 7) is 0. The van der Waals surface area contributed by atoms with Gasteiger partial charge in [-0.15, -0.1) is 0 Å². The fraction of sp³-hybridized carbons (Fsp3) is 0.333. The van der Waals surface area contributed by atoms with Crippen molar-refractivity contribution in [1.29, 1.82) is 5.26 Å². The van der Waals surface area contributed by atoms with E-state index in [1.54, 1.807) is 18.2 Å². The zero-order valence-electron chi connectivity index (χ0n) is 17.3. The molecule has 4 rings (SSSR count). The van der Waals surface area contributed by atoms with Gasteiger partial charge in [0, 0.05) is 12.7 Å². The molecule has 5 nitrogen and oxygen atoms in total. The summed E-state index contributed by atoms with van der Waals surface area (Å²) >= 11 is 0. The minimum atomic E-state index is -1.08. The average Bonchev–Trinajstić information content (AvgIpc) is 3.10. The number of aliphatic hydroxyl groups excluding tert-OH is 1. The maximum Gasteiger partial charge on any atom is 0.163 e. The monoisotopic (exact) mass is 425 g/mol. The van der Waals surface area contributed by atoms with Crippen LogP contribution in [-0.4, -0.2) is 23.2 Å². The van der Waals surface area contributed by atoms with Crippen LogP contribution < -0.4 is 5.73 Å². The summed E-state index contributed by atoms with van der Waals surface area (Å²) < 4.78 is 28.3. The second-order valence-electron chi connectivity index (χ2n) is 7.72. The third kappa shape index (κ3) is 4.30. The summed E-state index contributed by atoms with van der Waals surface area (Å²) in [6, 6.07) is 10.9. The van der Waals surface area contributed by atoms with Crippen molar-refractivity contribution >= 4 is 5.84 Å². The molecule has 1 unspecified atom stereocenters. The molecule has 1 saturated carbocycles. The number of aromatic hydroxyl groups is 1. The highest BCUT2D eigenvalue weighted by atomic mass is 19.1. The summed E-state index contributed by atoms with van der Waals surface area (Å²) in [4.78, 5) is 4.48. The minimum Gasteiger partial charge on any atom is -0.508 e. The van der Waals surface area contributed by atoms with Gasteiger partial charge in [-0.25, -0.2) is 13.8 Å². The number of benzene rings is 2. The Bertz CT molecular complexity index is 1050. The van der Waals surface area contributed by atoms with Crippen LogP contribution in [-0.2, 0) is 5.54 Å². The van der Waals surface area contributed by atoms with Crippen molar-refractivity contribution in [3.05, 3.63) is 65.2 Å². The van der Waals surface area contributed by atoms with Crippen molar-refractivity contribution in [3.8, 4) is 22.9 Å². The van der Waals surface area contributed by atoms with Gasteiger partial charge in [0.05, 0.1) is 11.6 Å². The second-order valence-corrected chi connectivity index (χ2v) is 7.72. The van der Waals surface area contributed by atoms with Crippen molar-refractivity contribution in [2.45, 2.75) is 37.6 Å². The Balaban J connectivity index is 0.00000132. The summed E-state index contributed by atoms with van der Waals surface area (Å²) in [6.07, 6.45) is 6.24. The van der Waals surface area contributed by atoms with Crippen LogP contribution in [0, 0.1) is 23.1 Å². The number of halogens is 2. The van der Waals surface area contributed by atoms with E-state index >= 15 is 0 Å². The summed E-state index contributed by atoms with van der Waals surface area (Å²) in [5.41, 5.74) is 6.47. The van der Waals surface area contributed by atoms with E-state index in [9.17, 15) is 13.9 Å². The van der Waals surface area contributed by atoms with Crippen LogP contribution in [0.25, 0.3) is 11.1 Å². The van der Waals surface area contributed by atoms with E-state index in [4.69, 9.17) is 16.1 Å². The summed E-state index contributed by atoms with van der Waals surface area (Å²) in [7, 11) is 1.00. The lowest BCUT2D eigenvalue weighted by atomic mass is 9.71. The number of hydrogen-bond donors (Lipinski definition) is 3. The molecule has 2 aromatic carbocycles. The van der Waals surface area contributed by atoms with Gasteiger partial charge in [0.2, 0.25) is 0 Å². The van der Waals surface area contributed by atoms with Gasteiger partial charge in [-0.2, -0.15) is 5.26 Å². The normalized spacial score (nSPS) is 20.9. The number of rotatable bonds is 3. The Morgan fingerprint density at radius 1 is 1.06 bits per heavy atom. The maximum atomic E-state index is 14.4. The smallest absolute Gasteiger partial charge is 0.163 e. The Morgan fingerprint density at radius 3 is 2.39 bits per heavy atom. The molecule has 0 radical (unpaired) electrons. The fourth-order valence-electron chi connectivity index (χ4n) is 4.52. The molecule has 1 aliphatic heterocycles. The van der Waals surface area contributed by atoms with Crippen molar-refractivity contribution in [3.63, 3.8) is 0 Å². The maximum absolute atomic E-state index is 14.4. The van der Waals surface area contributed by atoms with E-state index in [1.807, 2.05) is 6.07 Å². The SMILES string of the molecule is CO.N#Cc1cc(F)cc(-c2ccc(O)c(C3(C4CCCCC4)C=C(F)C(N)=N3)c2)c1. The lowest BCUT2D eigenvalue weighted by Crippen LogP contribution is -2.32. The first-order chi connectivity index (χ1) is 14.9. The Labute approximate surface area is 180 Å². The van der Waals surface area contributed by atoms with Crippen molar-refractivity contribution in [2.75, 3.05) is 7.11 Å². The average molecular weight is 425 g/mol. The highest BCUT2D eigenvalue weighted by Gasteiger charge is 2.45. The molecule has 1 atom stereocenters. The molecule has 0 amide bonds. The number of phenols is 1. The summed E-state index contributed by atoms with van der Waals surface area (Å²) in [5, 5.41) is 26.8. The van der Waals surface area contributed by atoms with E-state index in [2.05, 4.69) is 4.99 Å².